The molecular weight excluding hydrogens is 305 g/mol. The Balaban J connectivity index is 1.87. The minimum absolute atomic E-state index is 0.0114. The minimum Gasteiger partial charge on any atom is -0.395 e. The summed E-state index contributed by atoms with van der Waals surface area (Å²) in [6.45, 7) is 0. The highest BCUT2D eigenvalue weighted by Gasteiger charge is 2.44. The van der Waals surface area contributed by atoms with Gasteiger partial charge in [0.1, 0.15) is 11.6 Å². The van der Waals surface area contributed by atoms with Crippen LogP contribution in [0, 0.1) is 17.1 Å². The van der Waals surface area contributed by atoms with Crippen LogP contribution in [0.25, 0.3) is 5.57 Å². The van der Waals surface area contributed by atoms with Crippen LogP contribution in [0.3, 0.4) is 0 Å². The van der Waals surface area contributed by atoms with E-state index >= 15 is 0 Å². The number of rotatable bonds is 3. The van der Waals surface area contributed by atoms with Gasteiger partial charge in [-0.2, -0.15) is 10.5 Å². The van der Waals surface area contributed by atoms with Crippen molar-refractivity contribution in [2.75, 3.05) is 5.32 Å². The van der Waals surface area contributed by atoms with Crippen molar-refractivity contribution in [1.82, 2.24) is 20.6 Å². The third kappa shape index (κ3) is 2.49. The van der Waals surface area contributed by atoms with E-state index in [1.807, 2.05) is 0 Å². The van der Waals surface area contributed by atoms with Crippen molar-refractivity contribution in [3.05, 3.63) is 30.0 Å². The third-order valence-electron chi connectivity index (χ3n) is 2.57. The number of aromatic nitrogens is 4. The van der Waals surface area contributed by atoms with Crippen LogP contribution in [-0.4, -0.2) is 26.9 Å². The van der Waals surface area contributed by atoms with Crippen LogP contribution in [0.4, 0.5) is 18.9 Å². The molecule has 1 aliphatic heterocycles. The van der Waals surface area contributed by atoms with E-state index in [0.717, 1.165) is 18.3 Å². The van der Waals surface area contributed by atoms with E-state index in [-0.39, 0.29) is 22.8 Å². The number of tetrazole rings is 1. The molecule has 0 unspecified atom stereocenters. The second-order valence-corrected chi connectivity index (χ2v) is 4.00. The van der Waals surface area contributed by atoms with Crippen molar-refractivity contribution >= 4 is 11.3 Å². The second-order valence-electron chi connectivity index (χ2n) is 4.00. The topological polar surface area (TPSA) is 109 Å². The molecule has 0 aliphatic carbocycles. The van der Waals surface area contributed by atoms with Gasteiger partial charge in [0.15, 0.2) is 17.3 Å². The van der Waals surface area contributed by atoms with Crippen LogP contribution in [0.15, 0.2) is 18.3 Å². The molecule has 2 N–H and O–H groups in total. The summed E-state index contributed by atoms with van der Waals surface area (Å²) in [6, 6.07) is 3.50. The average Bonchev–Trinajstić information content (AvgIpc) is 3.06. The first kappa shape index (κ1) is 13.7. The van der Waals surface area contributed by atoms with Gasteiger partial charge in [0.2, 0.25) is 5.82 Å². The lowest BCUT2D eigenvalue weighted by molar-refractivity contribution is -0.286. The molecule has 8 nitrogen and oxygen atoms in total. The van der Waals surface area contributed by atoms with Gasteiger partial charge in [0.25, 0.3) is 0 Å². The number of halogens is 3. The summed E-state index contributed by atoms with van der Waals surface area (Å²) in [5, 5.41) is 24.0. The van der Waals surface area contributed by atoms with Gasteiger partial charge < -0.3 is 14.8 Å². The highest BCUT2D eigenvalue weighted by Crippen LogP contribution is 2.43. The molecule has 2 aromatic rings. The normalized spacial score (nSPS) is 15.5. The molecule has 0 saturated carbocycles. The zero-order chi connectivity index (χ0) is 15.7. The van der Waals surface area contributed by atoms with E-state index in [1.165, 1.54) is 0 Å². The van der Waals surface area contributed by atoms with Gasteiger partial charge in [-0.15, -0.1) is 19.0 Å². The van der Waals surface area contributed by atoms with Gasteiger partial charge >= 0.3 is 6.29 Å². The summed E-state index contributed by atoms with van der Waals surface area (Å²) >= 11 is 0. The maximum absolute atomic E-state index is 13.8. The van der Waals surface area contributed by atoms with Crippen LogP contribution in [0.1, 0.15) is 5.82 Å². The van der Waals surface area contributed by atoms with Crippen LogP contribution in [0.2, 0.25) is 0 Å². The Morgan fingerprint density at radius 3 is 2.73 bits per heavy atom. The monoisotopic (exact) mass is 310 g/mol. The van der Waals surface area contributed by atoms with E-state index in [1.54, 1.807) is 6.07 Å². The standard InChI is InChI=1S/C11H5F3N6O2/c12-6-1-8-9(22-11(13,14)21-8)2-7(6)16-4-5(3-15)10-17-19-20-18-10/h1-2,4,16H,(H,17,18,19,20). The predicted octanol–water partition coefficient (Wildman–Crippen LogP) is 1.64. The molecule has 0 radical (unpaired) electrons. The lowest BCUT2D eigenvalue weighted by atomic mass is 10.2. The summed E-state index contributed by atoms with van der Waals surface area (Å²) in [5.41, 5.74) is -0.243. The van der Waals surface area contributed by atoms with E-state index in [4.69, 9.17) is 5.26 Å². The van der Waals surface area contributed by atoms with Gasteiger partial charge in [0.05, 0.1) is 5.69 Å². The molecule has 3 rings (SSSR count). The van der Waals surface area contributed by atoms with Crippen molar-refractivity contribution in [3.63, 3.8) is 0 Å². The first-order valence-corrected chi connectivity index (χ1v) is 5.68. The lowest BCUT2D eigenvalue weighted by Gasteiger charge is -2.04. The number of nitriles is 1. The van der Waals surface area contributed by atoms with Crippen molar-refractivity contribution in [2.45, 2.75) is 6.29 Å². The molecule has 1 aromatic heterocycles. The Bertz CT molecular complexity index is 784. The molecule has 1 aromatic carbocycles. The molecule has 0 fully saturated rings. The van der Waals surface area contributed by atoms with Crippen LogP contribution >= 0.6 is 0 Å². The summed E-state index contributed by atoms with van der Waals surface area (Å²) < 4.78 is 47.9. The Kier molecular flexibility index (Phi) is 3.06. The average molecular weight is 310 g/mol. The van der Waals surface area contributed by atoms with Crippen molar-refractivity contribution in [2.24, 2.45) is 0 Å². The van der Waals surface area contributed by atoms with Gasteiger partial charge in [-0.1, -0.05) is 0 Å². The fraction of sp³-hybridized carbons (Fsp3) is 0.0909. The molecular formula is C11H5F3N6O2. The molecule has 2 heterocycles. The fourth-order valence-corrected chi connectivity index (χ4v) is 1.65. The number of anilines is 1. The largest absolute Gasteiger partial charge is 0.586 e. The Morgan fingerprint density at radius 1 is 1.36 bits per heavy atom. The number of aromatic amines is 1. The van der Waals surface area contributed by atoms with E-state index < -0.39 is 17.9 Å². The number of ether oxygens (including phenoxy) is 2. The molecule has 0 saturated heterocycles. The molecule has 22 heavy (non-hydrogen) atoms. The van der Waals surface area contributed by atoms with Gasteiger partial charge in [-0.05, 0) is 5.21 Å². The van der Waals surface area contributed by atoms with Crippen LogP contribution in [-0.2, 0) is 0 Å². The lowest BCUT2D eigenvalue weighted by Crippen LogP contribution is -2.25. The quantitative estimate of drug-likeness (QED) is 0.829. The summed E-state index contributed by atoms with van der Waals surface area (Å²) in [5.74, 6) is -1.64. The minimum atomic E-state index is -3.84. The van der Waals surface area contributed by atoms with Crippen molar-refractivity contribution < 1.29 is 22.6 Å². The van der Waals surface area contributed by atoms with Crippen LogP contribution < -0.4 is 14.8 Å². The van der Waals surface area contributed by atoms with Gasteiger partial charge in [0, 0.05) is 18.3 Å². The fourth-order valence-electron chi connectivity index (χ4n) is 1.65. The van der Waals surface area contributed by atoms with Gasteiger partial charge in [-0.25, -0.2) is 4.39 Å². The zero-order valence-electron chi connectivity index (χ0n) is 10.5. The highest BCUT2D eigenvalue weighted by molar-refractivity contribution is 5.74. The number of fused-ring (bicyclic) bond motifs is 1. The van der Waals surface area contributed by atoms with E-state index in [2.05, 4.69) is 35.4 Å². The number of benzene rings is 1. The maximum Gasteiger partial charge on any atom is 0.586 e. The number of nitrogens with one attached hydrogen (secondary N) is 2. The number of hydrogen-bond donors (Lipinski definition) is 2. The number of H-pyrrole nitrogens is 1. The molecule has 0 bridgehead atoms. The Morgan fingerprint density at radius 2 is 2.09 bits per heavy atom. The Labute approximate surface area is 120 Å². The zero-order valence-corrected chi connectivity index (χ0v) is 10.5. The summed E-state index contributed by atoms with van der Waals surface area (Å²) in [4.78, 5) is 0. The Hall–Kier alpha value is -3.29. The molecule has 11 heteroatoms. The number of nitrogens with zero attached hydrogens (tertiary/aromatic N) is 4. The molecule has 112 valence electrons. The predicted molar refractivity (Wildman–Crippen MR) is 64.0 cm³/mol. The molecule has 0 atom stereocenters. The number of hydrogen-bond acceptors (Lipinski definition) is 7. The molecule has 0 amide bonds. The van der Waals surface area contributed by atoms with Crippen LogP contribution in [0.5, 0.6) is 11.5 Å². The molecule has 0 spiro atoms. The number of allylic oxidation sites excluding steroid dienone is 1. The maximum atomic E-state index is 13.8. The smallest absolute Gasteiger partial charge is 0.395 e. The molecule has 1 aliphatic rings. The van der Waals surface area contributed by atoms with Crippen molar-refractivity contribution in [1.29, 1.82) is 5.26 Å². The second kappa shape index (κ2) is 4.92. The third-order valence-corrected chi connectivity index (χ3v) is 2.57. The summed E-state index contributed by atoms with van der Waals surface area (Å²) in [6.07, 6.45) is -2.74. The van der Waals surface area contributed by atoms with E-state index in [9.17, 15) is 13.2 Å². The highest BCUT2D eigenvalue weighted by atomic mass is 19.3. The first-order valence-electron chi connectivity index (χ1n) is 5.68. The van der Waals surface area contributed by atoms with E-state index in [0.29, 0.717) is 0 Å². The number of alkyl halides is 2. The first-order chi connectivity index (χ1) is 10.5. The van der Waals surface area contributed by atoms with Crippen molar-refractivity contribution in [3.8, 4) is 17.6 Å². The summed E-state index contributed by atoms with van der Waals surface area (Å²) in [7, 11) is 0. The SMILES string of the molecule is N#CC(=CNc1cc2c(cc1F)OC(F)(F)O2)c1nn[nH]n1. The van der Waals surface area contributed by atoms with Gasteiger partial charge in [-0.3, -0.25) is 0 Å².